The third kappa shape index (κ3) is 2.71. The number of hydrogen-bond donors (Lipinski definition) is 1. The van der Waals surface area contributed by atoms with Gasteiger partial charge in [0.2, 0.25) is 5.78 Å². The molecule has 1 unspecified atom stereocenters. The van der Waals surface area contributed by atoms with Gasteiger partial charge in [0.15, 0.2) is 0 Å². The SMILES string of the molecule is C#CC(=O)CC1COCCN1. The third-order valence-corrected chi connectivity index (χ3v) is 1.59. The molecule has 1 aliphatic heterocycles. The van der Waals surface area contributed by atoms with Crippen LogP contribution in [0.25, 0.3) is 0 Å². The van der Waals surface area contributed by atoms with E-state index in [0.29, 0.717) is 13.0 Å². The average Bonchev–Trinajstić information content (AvgIpc) is 2.06. The summed E-state index contributed by atoms with van der Waals surface area (Å²) < 4.78 is 5.14. The van der Waals surface area contributed by atoms with Gasteiger partial charge in [-0.15, -0.1) is 6.42 Å². The molecule has 0 amide bonds. The Kier molecular flexibility index (Phi) is 3.09. The summed E-state index contributed by atoms with van der Waals surface area (Å²) in [6.45, 7) is 2.12. The van der Waals surface area contributed by atoms with Gasteiger partial charge < -0.3 is 10.1 Å². The topological polar surface area (TPSA) is 38.3 Å². The van der Waals surface area contributed by atoms with Gasteiger partial charge in [0.05, 0.1) is 13.2 Å². The van der Waals surface area contributed by atoms with Crippen LogP contribution in [0.15, 0.2) is 0 Å². The Morgan fingerprint density at radius 3 is 3.18 bits per heavy atom. The minimum absolute atomic E-state index is 0.118. The van der Waals surface area contributed by atoms with Crippen molar-refractivity contribution in [3.63, 3.8) is 0 Å². The van der Waals surface area contributed by atoms with Gasteiger partial charge in [-0.2, -0.15) is 0 Å². The number of nitrogens with one attached hydrogen (secondary N) is 1. The van der Waals surface area contributed by atoms with Crippen molar-refractivity contribution < 1.29 is 9.53 Å². The van der Waals surface area contributed by atoms with Crippen LogP contribution < -0.4 is 5.32 Å². The van der Waals surface area contributed by atoms with E-state index in [2.05, 4.69) is 11.2 Å². The summed E-state index contributed by atoms with van der Waals surface area (Å²) in [6.07, 6.45) is 5.31. The van der Waals surface area contributed by atoms with Crippen LogP contribution >= 0.6 is 0 Å². The van der Waals surface area contributed by atoms with Crippen molar-refractivity contribution in [2.75, 3.05) is 19.8 Å². The van der Waals surface area contributed by atoms with Crippen LogP contribution in [0.1, 0.15) is 6.42 Å². The Bertz CT molecular complexity index is 177. The molecule has 0 bridgehead atoms. The van der Waals surface area contributed by atoms with Crippen LogP contribution in [0.3, 0.4) is 0 Å². The second-order valence-corrected chi connectivity index (χ2v) is 2.50. The molecule has 1 fully saturated rings. The first-order valence-corrected chi connectivity index (χ1v) is 3.63. The van der Waals surface area contributed by atoms with Crippen molar-refractivity contribution in [2.24, 2.45) is 0 Å². The predicted octanol–water partition coefficient (Wildman–Crippen LogP) is -0.433. The van der Waals surface area contributed by atoms with Crippen molar-refractivity contribution >= 4 is 5.78 Å². The van der Waals surface area contributed by atoms with Crippen LogP contribution in [-0.2, 0) is 9.53 Å². The van der Waals surface area contributed by atoms with Crippen molar-refractivity contribution in [2.45, 2.75) is 12.5 Å². The van der Waals surface area contributed by atoms with Crippen molar-refractivity contribution in [3.8, 4) is 12.3 Å². The molecule has 0 aromatic heterocycles. The fraction of sp³-hybridized carbons (Fsp3) is 0.625. The molecule has 0 radical (unpaired) electrons. The number of carbonyl (C=O) groups is 1. The quantitative estimate of drug-likeness (QED) is 0.432. The van der Waals surface area contributed by atoms with E-state index in [1.165, 1.54) is 0 Å². The van der Waals surface area contributed by atoms with Gasteiger partial charge >= 0.3 is 0 Å². The minimum Gasteiger partial charge on any atom is -0.378 e. The Labute approximate surface area is 66.1 Å². The number of morpholine rings is 1. The molecule has 0 aliphatic carbocycles. The lowest BCUT2D eigenvalue weighted by atomic mass is 10.1. The van der Waals surface area contributed by atoms with Gasteiger partial charge in [0.25, 0.3) is 0 Å². The highest BCUT2D eigenvalue weighted by Gasteiger charge is 2.14. The molecule has 1 atom stereocenters. The van der Waals surface area contributed by atoms with E-state index < -0.39 is 0 Å². The lowest BCUT2D eigenvalue weighted by molar-refractivity contribution is -0.114. The first-order chi connectivity index (χ1) is 5.33. The molecule has 1 aliphatic rings. The van der Waals surface area contributed by atoms with Crippen molar-refractivity contribution in [3.05, 3.63) is 0 Å². The lowest BCUT2D eigenvalue weighted by Crippen LogP contribution is -2.42. The maximum absolute atomic E-state index is 10.7. The third-order valence-electron chi connectivity index (χ3n) is 1.59. The van der Waals surface area contributed by atoms with Gasteiger partial charge in [-0.25, -0.2) is 0 Å². The normalized spacial score (nSPS) is 24.1. The molecular formula is C8H11NO2. The van der Waals surface area contributed by atoms with E-state index in [1.807, 2.05) is 0 Å². The first kappa shape index (κ1) is 8.25. The van der Waals surface area contributed by atoms with E-state index in [9.17, 15) is 4.79 Å². The van der Waals surface area contributed by atoms with Crippen molar-refractivity contribution in [1.82, 2.24) is 5.32 Å². The predicted molar refractivity (Wildman–Crippen MR) is 41.1 cm³/mol. The van der Waals surface area contributed by atoms with Crippen LogP contribution in [0, 0.1) is 12.3 Å². The molecule has 0 aromatic rings. The largest absolute Gasteiger partial charge is 0.378 e. The summed E-state index contributed by atoms with van der Waals surface area (Å²) in [5.41, 5.74) is 0. The van der Waals surface area contributed by atoms with E-state index >= 15 is 0 Å². The smallest absolute Gasteiger partial charge is 0.206 e. The number of ether oxygens (including phenoxy) is 1. The monoisotopic (exact) mass is 153 g/mol. The summed E-state index contributed by atoms with van der Waals surface area (Å²) in [7, 11) is 0. The molecule has 60 valence electrons. The van der Waals surface area contributed by atoms with E-state index in [0.717, 1.165) is 13.2 Å². The highest BCUT2D eigenvalue weighted by Crippen LogP contribution is 1.98. The molecule has 1 rings (SSSR count). The summed E-state index contributed by atoms with van der Waals surface area (Å²) >= 11 is 0. The Morgan fingerprint density at radius 1 is 1.82 bits per heavy atom. The number of terminal acetylenes is 1. The molecule has 3 heteroatoms. The first-order valence-electron chi connectivity index (χ1n) is 3.63. The molecule has 3 nitrogen and oxygen atoms in total. The van der Waals surface area contributed by atoms with Gasteiger partial charge in [0.1, 0.15) is 0 Å². The lowest BCUT2D eigenvalue weighted by Gasteiger charge is -2.22. The number of ketones is 1. The molecule has 1 heterocycles. The number of carbonyl (C=O) groups excluding carboxylic acids is 1. The van der Waals surface area contributed by atoms with Gasteiger partial charge in [-0.05, 0) is 5.92 Å². The standard InChI is InChI=1S/C8H11NO2/c1-2-8(10)5-7-6-11-4-3-9-7/h1,7,9H,3-6H2. The number of Topliss-reactive ketones (excluding diaryl/α,β-unsaturated/α-hetero) is 1. The van der Waals surface area contributed by atoms with Crippen LogP contribution in [0.4, 0.5) is 0 Å². The molecule has 1 N–H and O–H groups in total. The number of rotatable bonds is 2. The fourth-order valence-electron chi connectivity index (χ4n) is 1.03. The molecule has 0 saturated carbocycles. The van der Waals surface area contributed by atoms with Crippen LogP contribution in [-0.4, -0.2) is 31.6 Å². The second kappa shape index (κ2) is 4.12. The second-order valence-electron chi connectivity index (χ2n) is 2.50. The zero-order chi connectivity index (χ0) is 8.10. The Hall–Kier alpha value is -0.850. The molecule has 0 aromatic carbocycles. The highest BCUT2D eigenvalue weighted by atomic mass is 16.5. The molecular weight excluding hydrogens is 142 g/mol. The fourth-order valence-corrected chi connectivity index (χ4v) is 1.03. The number of hydrogen-bond acceptors (Lipinski definition) is 3. The minimum atomic E-state index is -0.159. The van der Waals surface area contributed by atoms with E-state index in [-0.39, 0.29) is 11.8 Å². The van der Waals surface area contributed by atoms with Gasteiger partial charge in [-0.1, -0.05) is 0 Å². The Balaban J connectivity index is 2.25. The van der Waals surface area contributed by atoms with Crippen LogP contribution in [0.5, 0.6) is 0 Å². The molecule has 1 saturated heterocycles. The van der Waals surface area contributed by atoms with Crippen LogP contribution in [0.2, 0.25) is 0 Å². The molecule has 11 heavy (non-hydrogen) atoms. The van der Waals surface area contributed by atoms with Gasteiger partial charge in [-0.3, -0.25) is 4.79 Å². The highest BCUT2D eigenvalue weighted by molar-refractivity contribution is 5.95. The average molecular weight is 153 g/mol. The maximum Gasteiger partial charge on any atom is 0.206 e. The maximum atomic E-state index is 10.7. The van der Waals surface area contributed by atoms with Crippen molar-refractivity contribution in [1.29, 1.82) is 0 Å². The zero-order valence-electron chi connectivity index (χ0n) is 6.30. The van der Waals surface area contributed by atoms with Gasteiger partial charge in [0, 0.05) is 19.0 Å². The summed E-state index contributed by atoms with van der Waals surface area (Å²) in [6, 6.07) is 0.118. The van der Waals surface area contributed by atoms with E-state index in [4.69, 9.17) is 11.2 Å². The Morgan fingerprint density at radius 2 is 2.64 bits per heavy atom. The summed E-state index contributed by atoms with van der Waals surface area (Å²) in [4.78, 5) is 10.7. The summed E-state index contributed by atoms with van der Waals surface area (Å²) in [5.74, 6) is 1.92. The molecule has 0 spiro atoms. The van der Waals surface area contributed by atoms with E-state index in [1.54, 1.807) is 0 Å². The zero-order valence-corrected chi connectivity index (χ0v) is 6.30. The summed E-state index contributed by atoms with van der Waals surface area (Å²) in [5, 5.41) is 3.14.